The first kappa shape index (κ1) is 30.9. The number of benzene rings is 2. The number of carbonyl (C=O) groups is 3. The van der Waals surface area contributed by atoms with E-state index in [9.17, 15) is 14.4 Å². The maximum absolute atomic E-state index is 13.3. The lowest BCUT2D eigenvalue weighted by Crippen LogP contribution is -2.39. The summed E-state index contributed by atoms with van der Waals surface area (Å²) >= 11 is 0. The van der Waals surface area contributed by atoms with Crippen LogP contribution in [-0.4, -0.2) is 70.6 Å². The number of para-hydroxylation sites is 2. The van der Waals surface area contributed by atoms with E-state index < -0.39 is 17.6 Å². The van der Waals surface area contributed by atoms with Crippen LogP contribution in [0, 0.1) is 0 Å². The number of urea groups is 1. The third kappa shape index (κ3) is 9.23. The van der Waals surface area contributed by atoms with Crippen LogP contribution in [0.15, 0.2) is 79.1 Å². The minimum absolute atomic E-state index is 0.185. The van der Waals surface area contributed by atoms with Crippen LogP contribution in [-0.2, 0) is 11.3 Å². The Balaban J connectivity index is 1.42. The van der Waals surface area contributed by atoms with Gasteiger partial charge in [0.2, 0.25) is 0 Å². The topological polar surface area (TPSA) is 129 Å². The molecule has 11 nitrogen and oxygen atoms in total. The van der Waals surface area contributed by atoms with E-state index in [0.29, 0.717) is 36.7 Å². The van der Waals surface area contributed by atoms with Crippen molar-refractivity contribution in [2.24, 2.45) is 0 Å². The molecule has 4 rings (SSSR count). The van der Waals surface area contributed by atoms with Crippen molar-refractivity contribution in [1.82, 2.24) is 19.8 Å². The molecular formula is C32H37N7O4. The van der Waals surface area contributed by atoms with Gasteiger partial charge in [0.15, 0.2) is 0 Å². The molecule has 0 aliphatic heterocycles. The predicted octanol–water partition coefficient (Wildman–Crippen LogP) is 5.82. The lowest BCUT2D eigenvalue weighted by atomic mass is 10.2. The summed E-state index contributed by atoms with van der Waals surface area (Å²) in [7, 11) is 3.89. The van der Waals surface area contributed by atoms with Gasteiger partial charge in [0.05, 0.1) is 16.9 Å². The van der Waals surface area contributed by atoms with Gasteiger partial charge in [-0.1, -0.05) is 24.3 Å². The van der Waals surface area contributed by atoms with Gasteiger partial charge in [-0.3, -0.25) is 20.1 Å². The molecule has 2 aromatic carbocycles. The molecule has 0 bridgehead atoms. The van der Waals surface area contributed by atoms with Crippen molar-refractivity contribution in [3.8, 4) is 0 Å². The molecule has 11 heteroatoms. The van der Waals surface area contributed by atoms with Crippen LogP contribution in [0.2, 0.25) is 0 Å². The number of aromatic nitrogens is 2. The summed E-state index contributed by atoms with van der Waals surface area (Å²) in [5, 5.41) is 9.37. The van der Waals surface area contributed by atoms with Crippen molar-refractivity contribution in [3.63, 3.8) is 0 Å². The summed E-state index contributed by atoms with van der Waals surface area (Å²) in [5.41, 5.74) is 2.61. The highest BCUT2D eigenvalue weighted by molar-refractivity contribution is 6.05. The van der Waals surface area contributed by atoms with Gasteiger partial charge in [-0.15, -0.1) is 0 Å². The Morgan fingerprint density at radius 3 is 2.26 bits per heavy atom. The molecule has 0 radical (unpaired) electrons. The molecule has 0 saturated carbocycles. The number of nitrogens with one attached hydrogen (secondary N) is 3. The molecule has 0 fully saturated rings. The van der Waals surface area contributed by atoms with Gasteiger partial charge in [-0.25, -0.2) is 9.59 Å². The van der Waals surface area contributed by atoms with E-state index in [1.165, 1.54) is 0 Å². The molecule has 224 valence electrons. The molecule has 2 aromatic heterocycles. The Morgan fingerprint density at radius 2 is 1.58 bits per heavy atom. The van der Waals surface area contributed by atoms with Crippen LogP contribution in [0.1, 0.15) is 36.8 Å². The molecule has 4 aromatic rings. The van der Waals surface area contributed by atoms with Gasteiger partial charge in [0.1, 0.15) is 11.3 Å². The van der Waals surface area contributed by atoms with Crippen LogP contribution in [0.25, 0.3) is 10.9 Å². The molecule has 0 aliphatic rings. The van der Waals surface area contributed by atoms with E-state index in [0.717, 1.165) is 16.5 Å². The third-order valence-corrected chi connectivity index (χ3v) is 6.20. The Labute approximate surface area is 251 Å². The summed E-state index contributed by atoms with van der Waals surface area (Å²) in [5.74, 6) is -0.446. The van der Waals surface area contributed by atoms with Gasteiger partial charge in [0.25, 0.3) is 5.91 Å². The molecule has 43 heavy (non-hydrogen) atoms. The highest BCUT2D eigenvalue weighted by Crippen LogP contribution is 2.23. The second-order valence-electron chi connectivity index (χ2n) is 11.2. The van der Waals surface area contributed by atoms with Crippen LogP contribution in [0.3, 0.4) is 0 Å². The van der Waals surface area contributed by atoms with Crippen LogP contribution < -0.4 is 16.0 Å². The largest absolute Gasteiger partial charge is 0.444 e. The fourth-order valence-electron chi connectivity index (χ4n) is 4.10. The lowest BCUT2D eigenvalue weighted by molar-refractivity contribution is 0.0635. The van der Waals surface area contributed by atoms with E-state index in [4.69, 9.17) is 4.74 Å². The number of nitrogens with zero attached hydrogens (tertiary/aromatic N) is 4. The fraction of sp³-hybridized carbons (Fsp3) is 0.281. The summed E-state index contributed by atoms with van der Waals surface area (Å²) in [6, 6.07) is 19.3. The summed E-state index contributed by atoms with van der Waals surface area (Å²) in [6.07, 6.45) is 2.68. The monoisotopic (exact) mass is 583 g/mol. The minimum atomic E-state index is -0.662. The summed E-state index contributed by atoms with van der Waals surface area (Å²) < 4.78 is 5.32. The maximum Gasteiger partial charge on any atom is 0.412 e. The van der Waals surface area contributed by atoms with E-state index >= 15 is 0 Å². The number of rotatable bonds is 9. The number of ether oxygens (including phenoxy) is 1. The third-order valence-electron chi connectivity index (χ3n) is 6.20. The van der Waals surface area contributed by atoms with E-state index in [1.54, 1.807) is 74.5 Å². The Morgan fingerprint density at radius 1 is 0.837 bits per heavy atom. The summed E-state index contributed by atoms with van der Waals surface area (Å²) in [4.78, 5) is 50.9. The zero-order valence-electron chi connectivity index (χ0n) is 25.0. The number of amides is 4. The lowest BCUT2D eigenvalue weighted by Gasteiger charge is -2.25. The van der Waals surface area contributed by atoms with Gasteiger partial charge in [-0.2, -0.15) is 0 Å². The predicted molar refractivity (Wildman–Crippen MR) is 168 cm³/mol. The highest BCUT2D eigenvalue weighted by atomic mass is 16.6. The fourth-order valence-corrected chi connectivity index (χ4v) is 4.10. The second kappa shape index (κ2) is 13.8. The van der Waals surface area contributed by atoms with Gasteiger partial charge >= 0.3 is 12.1 Å². The zero-order valence-corrected chi connectivity index (χ0v) is 25.0. The van der Waals surface area contributed by atoms with Crippen molar-refractivity contribution in [2.75, 3.05) is 43.1 Å². The normalized spacial score (nSPS) is 11.2. The van der Waals surface area contributed by atoms with E-state index in [2.05, 4.69) is 25.9 Å². The number of hydrogen-bond acceptors (Lipinski definition) is 7. The second-order valence-corrected chi connectivity index (χ2v) is 11.2. The molecule has 0 saturated heterocycles. The minimum Gasteiger partial charge on any atom is -0.444 e. The first-order chi connectivity index (χ1) is 20.5. The smallest absolute Gasteiger partial charge is 0.412 e. The summed E-state index contributed by atoms with van der Waals surface area (Å²) in [6.45, 7) is 6.76. The van der Waals surface area contributed by atoms with E-state index in [-0.39, 0.29) is 11.7 Å². The van der Waals surface area contributed by atoms with Crippen molar-refractivity contribution < 1.29 is 19.1 Å². The van der Waals surface area contributed by atoms with Gasteiger partial charge < -0.3 is 25.2 Å². The van der Waals surface area contributed by atoms with Crippen molar-refractivity contribution in [1.29, 1.82) is 0 Å². The standard InChI is InChI=1S/C32H37N7O4/c1-32(2,3)43-31(42)37-27-11-7-6-10-26(27)36-29(40)28-14-12-22(20-34-28)21-39(18-17-38(4)5)30(41)35-24-13-15-25-23(19-24)9-8-16-33-25/h6-16,19-20H,17-18,21H2,1-5H3,(H,35,41)(H,36,40)(H,37,42). The molecule has 4 amide bonds. The number of pyridine rings is 2. The molecular weight excluding hydrogens is 546 g/mol. The zero-order chi connectivity index (χ0) is 31.0. The van der Waals surface area contributed by atoms with Crippen LogP contribution in [0.4, 0.5) is 26.7 Å². The molecule has 3 N–H and O–H groups in total. The first-order valence-electron chi connectivity index (χ1n) is 13.9. The number of carbonyl (C=O) groups excluding carboxylic acids is 3. The number of fused-ring (bicyclic) bond motifs is 1. The van der Waals surface area contributed by atoms with Crippen molar-refractivity contribution in [3.05, 3.63) is 90.4 Å². The average molecular weight is 584 g/mol. The van der Waals surface area contributed by atoms with Gasteiger partial charge in [0, 0.05) is 43.1 Å². The van der Waals surface area contributed by atoms with E-state index in [1.807, 2.05) is 49.3 Å². The Kier molecular flexibility index (Phi) is 9.89. The van der Waals surface area contributed by atoms with Gasteiger partial charge in [-0.05, 0) is 82.9 Å². The van der Waals surface area contributed by atoms with Crippen molar-refractivity contribution in [2.45, 2.75) is 32.9 Å². The SMILES string of the molecule is CN(C)CCN(Cc1ccc(C(=O)Nc2ccccc2NC(=O)OC(C)(C)C)nc1)C(=O)Nc1ccc2ncccc2c1. The number of anilines is 3. The molecule has 0 aliphatic carbocycles. The highest BCUT2D eigenvalue weighted by Gasteiger charge is 2.19. The quantitative estimate of drug-likeness (QED) is 0.226. The molecule has 0 spiro atoms. The molecule has 0 atom stereocenters. The Hall–Kier alpha value is -5.03. The Bertz CT molecular complexity index is 1580. The van der Waals surface area contributed by atoms with Crippen molar-refractivity contribution >= 4 is 46.0 Å². The molecule has 0 unspecified atom stereocenters. The maximum atomic E-state index is 13.3. The first-order valence-corrected chi connectivity index (χ1v) is 13.9. The number of likely N-dealkylation sites (N-methyl/N-ethyl adjacent to an activating group) is 1. The number of hydrogen-bond donors (Lipinski definition) is 3. The van der Waals surface area contributed by atoms with Crippen LogP contribution in [0.5, 0.6) is 0 Å². The average Bonchev–Trinajstić information content (AvgIpc) is 2.95. The van der Waals surface area contributed by atoms with Crippen LogP contribution >= 0.6 is 0 Å². The molecule has 2 heterocycles.